The summed E-state index contributed by atoms with van der Waals surface area (Å²) >= 11 is 1.02. The first kappa shape index (κ1) is 22.3. The van der Waals surface area contributed by atoms with Gasteiger partial charge < -0.3 is 9.30 Å². The van der Waals surface area contributed by atoms with Gasteiger partial charge in [0.05, 0.1) is 28.1 Å². The molecule has 0 unspecified atom stereocenters. The standard InChI is InChI=1S/C20H20F2N2O4S2/c1-3-28-9-8-24-19-16(22)11-14(21)12-17(19)29-20(24)23-18(25)10-13-4-6-15(7-5-13)30(2,26)27/h4-7,11-12H,3,8-10H2,1-2H3. The molecule has 0 radical (unpaired) electrons. The molecule has 1 aromatic heterocycles. The molecule has 6 nitrogen and oxygen atoms in total. The Bertz CT molecular complexity index is 1250. The van der Waals surface area contributed by atoms with E-state index in [-0.39, 0.29) is 34.8 Å². The molecule has 2 aromatic carbocycles. The summed E-state index contributed by atoms with van der Waals surface area (Å²) in [4.78, 5) is 17.0. The molecule has 0 saturated heterocycles. The largest absolute Gasteiger partial charge is 0.380 e. The lowest BCUT2D eigenvalue weighted by atomic mass is 10.1. The molecule has 10 heteroatoms. The minimum absolute atomic E-state index is 0.0550. The fourth-order valence-electron chi connectivity index (χ4n) is 2.90. The van der Waals surface area contributed by atoms with Crippen molar-refractivity contribution in [2.45, 2.75) is 24.8 Å². The van der Waals surface area contributed by atoms with E-state index in [1.165, 1.54) is 22.8 Å². The van der Waals surface area contributed by atoms with Crippen LogP contribution < -0.4 is 4.80 Å². The van der Waals surface area contributed by atoms with E-state index in [2.05, 4.69) is 4.99 Å². The van der Waals surface area contributed by atoms with E-state index in [9.17, 15) is 22.0 Å². The monoisotopic (exact) mass is 454 g/mol. The van der Waals surface area contributed by atoms with Gasteiger partial charge in [-0.15, -0.1) is 0 Å². The molecule has 3 rings (SSSR count). The van der Waals surface area contributed by atoms with Crippen molar-refractivity contribution in [3.63, 3.8) is 0 Å². The first-order chi connectivity index (χ1) is 14.2. The van der Waals surface area contributed by atoms with Crippen LogP contribution in [0.1, 0.15) is 12.5 Å². The third kappa shape index (κ3) is 5.18. The summed E-state index contributed by atoms with van der Waals surface area (Å²) in [6.45, 7) is 2.85. The van der Waals surface area contributed by atoms with Gasteiger partial charge in [0.15, 0.2) is 20.5 Å². The van der Waals surface area contributed by atoms with Gasteiger partial charge in [0.25, 0.3) is 5.91 Å². The molecular formula is C20H20F2N2O4S2. The average molecular weight is 455 g/mol. The number of halogens is 2. The molecule has 0 atom stereocenters. The van der Waals surface area contributed by atoms with Gasteiger partial charge in [-0.1, -0.05) is 23.5 Å². The van der Waals surface area contributed by atoms with Crippen LogP contribution in [-0.2, 0) is 32.3 Å². The number of fused-ring (bicyclic) bond motifs is 1. The Balaban J connectivity index is 1.94. The van der Waals surface area contributed by atoms with Gasteiger partial charge >= 0.3 is 0 Å². The van der Waals surface area contributed by atoms with Crippen molar-refractivity contribution in [3.8, 4) is 0 Å². The first-order valence-corrected chi connectivity index (χ1v) is 11.8. The van der Waals surface area contributed by atoms with Crippen LogP contribution in [0.25, 0.3) is 10.2 Å². The van der Waals surface area contributed by atoms with Crippen molar-refractivity contribution in [1.29, 1.82) is 0 Å². The normalized spacial score (nSPS) is 12.6. The molecule has 0 aliphatic heterocycles. The number of ether oxygens (including phenoxy) is 1. The molecule has 1 heterocycles. The SMILES string of the molecule is CCOCCn1c(=NC(=O)Cc2ccc(S(C)(=O)=O)cc2)sc2cc(F)cc(F)c21. The molecule has 3 aromatic rings. The van der Waals surface area contributed by atoms with Crippen LogP contribution in [0, 0.1) is 11.6 Å². The third-order valence-corrected chi connectivity index (χ3v) is 6.44. The zero-order valence-corrected chi connectivity index (χ0v) is 18.0. The molecule has 30 heavy (non-hydrogen) atoms. The highest BCUT2D eigenvalue weighted by Gasteiger charge is 2.14. The number of carbonyl (C=O) groups is 1. The minimum atomic E-state index is -3.32. The predicted molar refractivity (Wildman–Crippen MR) is 110 cm³/mol. The summed E-state index contributed by atoms with van der Waals surface area (Å²) in [6.07, 6.45) is 1.05. The smallest absolute Gasteiger partial charge is 0.252 e. The average Bonchev–Trinajstić information content (AvgIpc) is 2.98. The van der Waals surface area contributed by atoms with Crippen molar-refractivity contribution in [1.82, 2.24) is 4.57 Å². The van der Waals surface area contributed by atoms with Crippen LogP contribution in [0.5, 0.6) is 0 Å². The lowest BCUT2D eigenvalue weighted by Crippen LogP contribution is -2.20. The van der Waals surface area contributed by atoms with Crippen molar-refractivity contribution in [2.24, 2.45) is 4.99 Å². The molecule has 160 valence electrons. The quantitative estimate of drug-likeness (QED) is 0.514. The van der Waals surface area contributed by atoms with Gasteiger partial charge in [0.2, 0.25) is 0 Å². The third-order valence-electron chi connectivity index (χ3n) is 4.29. The van der Waals surface area contributed by atoms with E-state index in [1.807, 2.05) is 6.92 Å². The van der Waals surface area contributed by atoms with Gasteiger partial charge in [-0.2, -0.15) is 4.99 Å². The topological polar surface area (TPSA) is 77.7 Å². The molecule has 0 saturated carbocycles. The summed E-state index contributed by atoms with van der Waals surface area (Å²) in [5, 5.41) is 0. The number of thiazole rings is 1. The van der Waals surface area contributed by atoms with Crippen molar-refractivity contribution in [2.75, 3.05) is 19.5 Å². The highest BCUT2D eigenvalue weighted by molar-refractivity contribution is 7.90. The van der Waals surface area contributed by atoms with E-state index in [1.54, 1.807) is 12.1 Å². The number of hydrogen-bond acceptors (Lipinski definition) is 5. The fourth-order valence-corrected chi connectivity index (χ4v) is 4.64. The van der Waals surface area contributed by atoms with E-state index >= 15 is 0 Å². The first-order valence-electron chi connectivity index (χ1n) is 9.11. The maximum atomic E-state index is 14.4. The lowest BCUT2D eigenvalue weighted by Gasteiger charge is -2.06. The Hall–Kier alpha value is -2.43. The highest BCUT2D eigenvalue weighted by atomic mass is 32.2. The maximum Gasteiger partial charge on any atom is 0.252 e. The molecule has 0 aliphatic carbocycles. The van der Waals surface area contributed by atoms with Crippen LogP contribution in [0.3, 0.4) is 0 Å². The molecule has 0 bridgehead atoms. The second-order valence-electron chi connectivity index (χ2n) is 6.57. The second-order valence-corrected chi connectivity index (χ2v) is 9.59. The number of amides is 1. The summed E-state index contributed by atoms with van der Waals surface area (Å²) < 4.78 is 58.2. The number of rotatable bonds is 7. The van der Waals surface area contributed by atoms with Crippen molar-refractivity contribution >= 4 is 37.3 Å². The van der Waals surface area contributed by atoms with E-state index in [0.29, 0.717) is 16.9 Å². The molecule has 0 spiro atoms. The number of carbonyl (C=O) groups excluding carboxylic acids is 1. The Morgan fingerprint density at radius 3 is 2.53 bits per heavy atom. The van der Waals surface area contributed by atoms with Gasteiger partial charge in [-0.05, 0) is 30.7 Å². The van der Waals surface area contributed by atoms with Gasteiger partial charge in [-0.25, -0.2) is 17.2 Å². The summed E-state index contributed by atoms with van der Waals surface area (Å²) in [7, 11) is -3.32. The lowest BCUT2D eigenvalue weighted by molar-refractivity contribution is -0.117. The molecular weight excluding hydrogens is 434 g/mol. The highest BCUT2D eigenvalue weighted by Crippen LogP contribution is 2.22. The molecule has 0 N–H and O–H groups in total. The number of benzene rings is 2. The zero-order chi connectivity index (χ0) is 21.9. The van der Waals surface area contributed by atoms with Crippen molar-refractivity contribution < 1.29 is 26.7 Å². The second kappa shape index (κ2) is 9.15. The van der Waals surface area contributed by atoms with Gasteiger partial charge in [0, 0.05) is 25.5 Å². The van der Waals surface area contributed by atoms with E-state index in [4.69, 9.17) is 4.74 Å². The van der Waals surface area contributed by atoms with E-state index < -0.39 is 27.4 Å². The number of nitrogens with zero attached hydrogens (tertiary/aromatic N) is 2. The summed E-state index contributed by atoms with van der Waals surface area (Å²) in [5.41, 5.74) is 0.764. The maximum absolute atomic E-state index is 14.4. The molecule has 0 fully saturated rings. The predicted octanol–water partition coefficient (Wildman–Crippen LogP) is 3.09. The number of aromatic nitrogens is 1. The fraction of sp³-hybridized carbons (Fsp3) is 0.300. The summed E-state index contributed by atoms with van der Waals surface area (Å²) in [6, 6.07) is 7.95. The van der Waals surface area contributed by atoms with Crippen LogP contribution in [0.4, 0.5) is 8.78 Å². The molecule has 0 aliphatic rings. The minimum Gasteiger partial charge on any atom is -0.380 e. The molecule has 1 amide bonds. The number of hydrogen-bond donors (Lipinski definition) is 0. The van der Waals surface area contributed by atoms with Gasteiger partial charge in [-0.3, -0.25) is 4.79 Å². The van der Waals surface area contributed by atoms with Crippen LogP contribution in [0.15, 0.2) is 46.3 Å². The van der Waals surface area contributed by atoms with Crippen molar-refractivity contribution in [3.05, 3.63) is 58.4 Å². The summed E-state index contributed by atoms with van der Waals surface area (Å²) in [5.74, 6) is -1.93. The Morgan fingerprint density at radius 2 is 1.90 bits per heavy atom. The van der Waals surface area contributed by atoms with E-state index in [0.717, 1.165) is 23.7 Å². The zero-order valence-electron chi connectivity index (χ0n) is 16.4. The van der Waals surface area contributed by atoms with Gasteiger partial charge in [0.1, 0.15) is 5.82 Å². The van der Waals surface area contributed by atoms with Crippen LogP contribution in [-0.4, -0.2) is 38.4 Å². The van der Waals surface area contributed by atoms with Crippen LogP contribution in [0.2, 0.25) is 0 Å². The Morgan fingerprint density at radius 1 is 1.20 bits per heavy atom. The Labute approximate surface area is 176 Å². The Kier molecular flexibility index (Phi) is 6.79. The van der Waals surface area contributed by atoms with Crippen LogP contribution >= 0.6 is 11.3 Å². The number of sulfone groups is 1.